The molecule has 1 aromatic heterocycles. The second-order valence-corrected chi connectivity index (χ2v) is 9.89. The zero-order valence-corrected chi connectivity index (χ0v) is 19.2. The molecule has 3 aromatic rings. The molecule has 3 N–H and O–H groups in total. The molecule has 0 fully saturated rings. The lowest BCUT2D eigenvalue weighted by atomic mass is 10.1. The Balaban J connectivity index is 1.72. The lowest BCUT2D eigenvalue weighted by Gasteiger charge is -2.18. The Morgan fingerprint density at radius 3 is 2.03 bits per heavy atom. The Bertz CT molecular complexity index is 1220. The van der Waals surface area contributed by atoms with Gasteiger partial charge >= 0.3 is 5.97 Å². The number of aryl methyl sites for hydroxylation is 1. The molecule has 3 rings (SSSR count). The van der Waals surface area contributed by atoms with E-state index in [1.54, 1.807) is 57.2 Å². The number of carboxylic acid groups (broad SMARTS) is 1. The highest BCUT2D eigenvalue weighted by Crippen LogP contribution is 2.24. The first kappa shape index (κ1) is 23.5. The summed E-state index contributed by atoms with van der Waals surface area (Å²) in [6.45, 7) is 4.98. The molecule has 0 unspecified atom stereocenters. The summed E-state index contributed by atoms with van der Waals surface area (Å²) < 4.78 is 31.1. The van der Waals surface area contributed by atoms with E-state index >= 15 is 0 Å². The molecule has 0 radical (unpaired) electrons. The van der Waals surface area contributed by atoms with Crippen LogP contribution in [0.15, 0.2) is 53.4 Å². The average Bonchev–Trinajstić information content (AvgIpc) is 3.18. The van der Waals surface area contributed by atoms with E-state index in [0.717, 1.165) is 22.7 Å². The van der Waals surface area contributed by atoms with Crippen LogP contribution in [-0.4, -0.2) is 41.0 Å². The van der Waals surface area contributed by atoms with Gasteiger partial charge in [-0.3, -0.25) is 9.59 Å². The van der Waals surface area contributed by atoms with E-state index in [1.165, 1.54) is 12.1 Å². The van der Waals surface area contributed by atoms with E-state index in [2.05, 4.69) is 19.6 Å². The standard InChI is InChI=1S/C21H22N4O5S2/c1-12(2)18(21(27)28)24-32(29,30)17-10-6-15(7-11-17)14-4-8-16(9-5-14)22-20(26)19-13(3)23-25-31-19/h4-12,18,24H,1-3H3,(H,22,26)(H,27,28)/t18-/m0/s1. The topological polar surface area (TPSA) is 138 Å². The fourth-order valence-electron chi connectivity index (χ4n) is 2.91. The van der Waals surface area contributed by atoms with E-state index < -0.39 is 28.0 Å². The zero-order valence-electron chi connectivity index (χ0n) is 17.6. The number of aromatic nitrogens is 2. The van der Waals surface area contributed by atoms with E-state index in [0.29, 0.717) is 16.3 Å². The van der Waals surface area contributed by atoms with Gasteiger partial charge in [0.25, 0.3) is 5.91 Å². The van der Waals surface area contributed by atoms with Crippen molar-refractivity contribution in [3.05, 3.63) is 59.1 Å². The fraction of sp³-hybridized carbons (Fsp3) is 0.238. The number of rotatable bonds is 8. The maximum absolute atomic E-state index is 12.5. The minimum absolute atomic E-state index is 0.0226. The maximum atomic E-state index is 12.5. The number of hydrogen-bond acceptors (Lipinski definition) is 7. The summed E-state index contributed by atoms with van der Waals surface area (Å²) in [6.07, 6.45) is 0. The SMILES string of the molecule is Cc1nnsc1C(=O)Nc1ccc(-c2ccc(S(=O)(=O)N[C@H](C(=O)O)C(C)C)cc2)cc1. The van der Waals surface area contributed by atoms with Crippen LogP contribution in [0.2, 0.25) is 0 Å². The van der Waals surface area contributed by atoms with Crippen LogP contribution in [0.4, 0.5) is 5.69 Å². The second kappa shape index (κ2) is 9.55. The molecule has 1 atom stereocenters. The molecular formula is C21H22N4O5S2. The predicted octanol–water partition coefficient (Wildman–Crippen LogP) is 3.15. The number of anilines is 1. The van der Waals surface area contributed by atoms with Gasteiger partial charge in [0.1, 0.15) is 10.9 Å². The highest BCUT2D eigenvalue weighted by atomic mass is 32.2. The molecule has 2 aromatic carbocycles. The number of nitrogens with one attached hydrogen (secondary N) is 2. The van der Waals surface area contributed by atoms with Crippen LogP contribution in [0.25, 0.3) is 11.1 Å². The van der Waals surface area contributed by atoms with Gasteiger partial charge in [-0.05, 0) is 59.8 Å². The van der Waals surface area contributed by atoms with Crippen molar-refractivity contribution in [2.24, 2.45) is 5.92 Å². The van der Waals surface area contributed by atoms with Gasteiger partial charge < -0.3 is 10.4 Å². The van der Waals surface area contributed by atoms with Gasteiger partial charge in [0.2, 0.25) is 10.0 Å². The average molecular weight is 475 g/mol. The summed E-state index contributed by atoms with van der Waals surface area (Å²) >= 11 is 1.03. The molecule has 1 heterocycles. The number of carbonyl (C=O) groups excluding carboxylic acids is 1. The van der Waals surface area contributed by atoms with Crippen LogP contribution >= 0.6 is 11.5 Å². The minimum Gasteiger partial charge on any atom is -0.480 e. The highest BCUT2D eigenvalue weighted by molar-refractivity contribution is 7.89. The smallest absolute Gasteiger partial charge is 0.322 e. The molecule has 0 saturated heterocycles. The molecule has 1 amide bonds. The van der Waals surface area contributed by atoms with E-state index in [-0.39, 0.29) is 10.8 Å². The first-order valence-corrected chi connectivity index (χ1v) is 11.9. The lowest BCUT2D eigenvalue weighted by Crippen LogP contribution is -2.44. The number of nitrogens with zero attached hydrogens (tertiary/aromatic N) is 2. The molecule has 0 aliphatic carbocycles. The summed E-state index contributed by atoms with van der Waals surface area (Å²) in [5.74, 6) is -1.92. The maximum Gasteiger partial charge on any atom is 0.322 e. The Morgan fingerprint density at radius 1 is 1.00 bits per heavy atom. The van der Waals surface area contributed by atoms with Gasteiger partial charge in [-0.25, -0.2) is 8.42 Å². The Hall–Kier alpha value is -3.15. The molecule has 0 saturated carbocycles. The molecule has 168 valence electrons. The fourth-order valence-corrected chi connectivity index (χ4v) is 4.80. The van der Waals surface area contributed by atoms with Gasteiger partial charge in [-0.15, -0.1) is 5.10 Å². The van der Waals surface area contributed by atoms with Crippen LogP contribution in [-0.2, 0) is 14.8 Å². The first-order valence-electron chi connectivity index (χ1n) is 9.64. The molecule has 0 aliphatic heterocycles. The van der Waals surface area contributed by atoms with Crippen molar-refractivity contribution in [1.82, 2.24) is 14.3 Å². The van der Waals surface area contributed by atoms with Crippen molar-refractivity contribution in [2.75, 3.05) is 5.32 Å². The molecule has 0 spiro atoms. The van der Waals surface area contributed by atoms with Gasteiger partial charge in [0.05, 0.1) is 10.6 Å². The van der Waals surface area contributed by atoms with E-state index in [4.69, 9.17) is 0 Å². The Kier molecular flexibility index (Phi) is 7.02. The highest BCUT2D eigenvalue weighted by Gasteiger charge is 2.28. The predicted molar refractivity (Wildman–Crippen MR) is 121 cm³/mol. The lowest BCUT2D eigenvalue weighted by molar-refractivity contribution is -0.140. The number of amides is 1. The molecule has 0 bridgehead atoms. The van der Waals surface area contributed by atoms with Gasteiger partial charge in [0.15, 0.2) is 0 Å². The van der Waals surface area contributed by atoms with Crippen LogP contribution in [0.5, 0.6) is 0 Å². The van der Waals surface area contributed by atoms with Crippen LogP contribution in [0.3, 0.4) is 0 Å². The zero-order chi connectivity index (χ0) is 23.5. The van der Waals surface area contributed by atoms with Gasteiger partial charge in [-0.2, -0.15) is 4.72 Å². The monoisotopic (exact) mass is 474 g/mol. The summed E-state index contributed by atoms with van der Waals surface area (Å²) in [4.78, 5) is 24.0. The van der Waals surface area contributed by atoms with Crippen molar-refractivity contribution < 1.29 is 23.1 Å². The third-order valence-corrected chi connectivity index (χ3v) is 7.00. The summed E-state index contributed by atoms with van der Waals surface area (Å²) in [5, 5.41) is 15.8. The first-order chi connectivity index (χ1) is 15.1. The third-order valence-electron chi connectivity index (χ3n) is 4.71. The molecular weight excluding hydrogens is 452 g/mol. The third kappa shape index (κ3) is 5.36. The van der Waals surface area contributed by atoms with Crippen LogP contribution in [0.1, 0.15) is 29.2 Å². The van der Waals surface area contributed by atoms with Crippen molar-refractivity contribution in [3.8, 4) is 11.1 Å². The number of benzene rings is 2. The van der Waals surface area contributed by atoms with Crippen molar-refractivity contribution in [1.29, 1.82) is 0 Å². The van der Waals surface area contributed by atoms with Crippen molar-refractivity contribution >= 4 is 39.1 Å². The van der Waals surface area contributed by atoms with Crippen molar-refractivity contribution in [3.63, 3.8) is 0 Å². The van der Waals surface area contributed by atoms with Crippen LogP contribution in [0, 0.1) is 12.8 Å². The molecule has 9 nitrogen and oxygen atoms in total. The Morgan fingerprint density at radius 2 is 1.56 bits per heavy atom. The minimum atomic E-state index is -3.98. The molecule has 11 heteroatoms. The van der Waals surface area contributed by atoms with Crippen LogP contribution < -0.4 is 10.0 Å². The number of carboxylic acids is 1. The quantitative estimate of drug-likeness (QED) is 0.456. The molecule has 32 heavy (non-hydrogen) atoms. The van der Waals surface area contributed by atoms with Gasteiger partial charge in [-0.1, -0.05) is 42.6 Å². The van der Waals surface area contributed by atoms with Crippen molar-refractivity contribution in [2.45, 2.75) is 31.7 Å². The summed E-state index contributed by atoms with van der Waals surface area (Å²) in [7, 11) is -3.98. The number of carbonyl (C=O) groups is 2. The van der Waals surface area contributed by atoms with E-state index in [9.17, 15) is 23.1 Å². The Labute approximate surface area is 189 Å². The molecule has 0 aliphatic rings. The largest absolute Gasteiger partial charge is 0.480 e. The normalized spacial score (nSPS) is 12.5. The van der Waals surface area contributed by atoms with E-state index in [1.807, 2.05) is 0 Å². The number of aliphatic carboxylic acids is 1. The second-order valence-electron chi connectivity index (χ2n) is 7.42. The number of sulfonamides is 1. The summed E-state index contributed by atoms with van der Waals surface area (Å²) in [6, 6.07) is 12.0. The summed E-state index contributed by atoms with van der Waals surface area (Å²) in [5.41, 5.74) is 2.75. The van der Waals surface area contributed by atoms with Gasteiger partial charge in [0, 0.05) is 5.69 Å². The number of hydrogen-bond donors (Lipinski definition) is 3.